The predicted octanol–water partition coefficient (Wildman–Crippen LogP) is -2.35. The van der Waals surface area contributed by atoms with Crippen molar-refractivity contribution in [1.29, 1.82) is 0 Å². The van der Waals surface area contributed by atoms with Crippen molar-refractivity contribution in [2.45, 2.75) is 32.2 Å². The quantitative estimate of drug-likeness (QED) is 0.488. The smallest absolute Gasteiger partial charge is 0.275 e. The predicted molar refractivity (Wildman–Crippen MR) is 44.2 cm³/mol. The van der Waals surface area contributed by atoms with E-state index in [1.54, 1.807) is 0 Å². The number of carboxylic acids is 1. The Bertz CT molecular complexity index is 182. The molecule has 0 aliphatic heterocycles. The number of carboxylic acid groups (broad SMARTS) is 1. The zero-order valence-corrected chi connectivity index (χ0v) is 7.84. The average Bonchev–Trinajstić information content (AvgIpc) is 2.11. The van der Waals surface area contributed by atoms with Crippen LogP contribution < -0.4 is 16.2 Å². The van der Waals surface area contributed by atoms with Gasteiger partial charge in [0.05, 0.1) is 12.0 Å². The minimum Gasteiger partial charge on any atom is -0.548 e. The van der Waals surface area contributed by atoms with Crippen LogP contribution in [0.25, 0.3) is 0 Å². The van der Waals surface area contributed by atoms with Crippen LogP contribution in [0.15, 0.2) is 0 Å². The van der Waals surface area contributed by atoms with Gasteiger partial charge in [0.1, 0.15) is 0 Å². The molecule has 0 rings (SSSR count). The topological polar surface area (TPSA) is 96.9 Å². The molecule has 0 saturated carbocycles. The van der Waals surface area contributed by atoms with E-state index in [1.165, 1.54) is 0 Å². The molecule has 0 aromatic heterocycles. The molecule has 0 unspecified atom stereocenters. The summed E-state index contributed by atoms with van der Waals surface area (Å²) >= 11 is 0. The maximum absolute atomic E-state index is 10.8. The van der Waals surface area contributed by atoms with Gasteiger partial charge in [0.25, 0.3) is 5.91 Å². The molecule has 0 aromatic carbocycles. The first-order valence-corrected chi connectivity index (χ1v) is 4.41. The molecule has 5 heteroatoms. The number of carbonyl (C=O) groups is 2. The van der Waals surface area contributed by atoms with Gasteiger partial charge in [0.15, 0.2) is 6.54 Å². The normalized spacial score (nSPS) is 12.2. The summed E-state index contributed by atoms with van der Waals surface area (Å²) in [6.45, 7) is 2.01. The standard InChI is InChI=1S/C8H16N2O3/c1-2-3-4-6(8(12)13)10-7(11)5-9/h6H,2-5,9H2,1H3,(H,10,11)(H,12,13)/t6-/m0/s1. The van der Waals surface area contributed by atoms with Crippen LogP contribution in [-0.2, 0) is 9.59 Å². The number of nitrogens with one attached hydrogen (secondary N) is 1. The Morgan fingerprint density at radius 1 is 1.54 bits per heavy atom. The second-order valence-corrected chi connectivity index (χ2v) is 2.83. The fourth-order valence-corrected chi connectivity index (χ4v) is 0.924. The highest BCUT2D eigenvalue weighted by Gasteiger charge is 2.12. The van der Waals surface area contributed by atoms with E-state index < -0.39 is 12.0 Å². The Balaban J connectivity index is 3.94. The first-order chi connectivity index (χ1) is 6.11. The lowest BCUT2D eigenvalue weighted by molar-refractivity contribution is -0.355. The van der Waals surface area contributed by atoms with Crippen molar-refractivity contribution in [2.24, 2.45) is 0 Å². The van der Waals surface area contributed by atoms with Crippen LogP contribution >= 0.6 is 0 Å². The van der Waals surface area contributed by atoms with Crippen LogP contribution in [0.4, 0.5) is 0 Å². The molecule has 0 aromatic rings. The van der Waals surface area contributed by atoms with Gasteiger partial charge in [0, 0.05) is 0 Å². The molecular weight excluding hydrogens is 172 g/mol. The number of hydrogen-bond acceptors (Lipinski definition) is 3. The van der Waals surface area contributed by atoms with Crippen molar-refractivity contribution in [1.82, 2.24) is 5.32 Å². The number of amides is 1. The van der Waals surface area contributed by atoms with Crippen LogP contribution in [0.5, 0.6) is 0 Å². The summed E-state index contributed by atoms with van der Waals surface area (Å²) in [6, 6.07) is -0.866. The second kappa shape index (κ2) is 6.42. The van der Waals surface area contributed by atoms with E-state index in [9.17, 15) is 14.7 Å². The molecular formula is C8H16N2O3. The van der Waals surface area contributed by atoms with Crippen molar-refractivity contribution in [3.63, 3.8) is 0 Å². The van der Waals surface area contributed by atoms with E-state index in [4.69, 9.17) is 0 Å². The highest BCUT2D eigenvalue weighted by Crippen LogP contribution is 1.99. The molecule has 0 aliphatic carbocycles. The van der Waals surface area contributed by atoms with Crippen molar-refractivity contribution >= 4 is 11.9 Å². The van der Waals surface area contributed by atoms with E-state index in [0.717, 1.165) is 12.8 Å². The fourth-order valence-electron chi connectivity index (χ4n) is 0.924. The number of unbranched alkanes of at least 4 members (excludes halogenated alkanes) is 1. The number of carbonyl (C=O) groups excluding carboxylic acids is 2. The van der Waals surface area contributed by atoms with Gasteiger partial charge in [-0.25, -0.2) is 0 Å². The molecule has 13 heavy (non-hydrogen) atoms. The van der Waals surface area contributed by atoms with Gasteiger partial charge in [0.2, 0.25) is 0 Å². The van der Waals surface area contributed by atoms with Gasteiger partial charge in [-0.3, -0.25) is 4.79 Å². The first-order valence-electron chi connectivity index (χ1n) is 4.41. The summed E-state index contributed by atoms with van der Waals surface area (Å²) < 4.78 is 0. The molecule has 1 atom stereocenters. The zero-order valence-electron chi connectivity index (χ0n) is 7.84. The van der Waals surface area contributed by atoms with E-state index in [1.807, 2.05) is 6.92 Å². The van der Waals surface area contributed by atoms with Crippen LogP contribution in [-0.4, -0.2) is 24.5 Å². The summed E-state index contributed by atoms with van der Waals surface area (Å²) in [6.07, 6.45) is 2.07. The summed E-state index contributed by atoms with van der Waals surface area (Å²) in [5, 5.41) is 12.8. The van der Waals surface area contributed by atoms with Gasteiger partial charge >= 0.3 is 0 Å². The molecule has 0 aliphatic rings. The van der Waals surface area contributed by atoms with Crippen molar-refractivity contribution < 1.29 is 20.4 Å². The number of rotatable bonds is 6. The average molecular weight is 188 g/mol. The Morgan fingerprint density at radius 3 is 2.54 bits per heavy atom. The number of quaternary nitrogens is 1. The zero-order chi connectivity index (χ0) is 10.3. The minimum atomic E-state index is -1.23. The first kappa shape index (κ1) is 11.9. The molecule has 1 amide bonds. The lowest BCUT2D eigenvalue weighted by atomic mass is 10.1. The Kier molecular flexibility index (Phi) is 5.88. The molecule has 0 bridgehead atoms. The van der Waals surface area contributed by atoms with Crippen LogP contribution in [0.2, 0.25) is 0 Å². The molecule has 76 valence electrons. The molecule has 0 radical (unpaired) electrons. The van der Waals surface area contributed by atoms with Crippen LogP contribution in [0.3, 0.4) is 0 Å². The van der Waals surface area contributed by atoms with Crippen LogP contribution in [0.1, 0.15) is 26.2 Å². The minimum absolute atomic E-state index is 0.0515. The third-order valence-corrected chi connectivity index (χ3v) is 1.69. The maximum Gasteiger partial charge on any atom is 0.275 e. The summed E-state index contributed by atoms with van der Waals surface area (Å²) in [5.41, 5.74) is 3.35. The summed E-state index contributed by atoms with van der Waals surface area (Å²) in [7, 11) is 0. The molecule has 0 saturated heterocycles. The fraction of sp³-hybridized carbons (Fsp3) is 0.750. The van der Waals surface area contributed by atoms with Gasteiger partial charge in [-0.15, -0.1) is 0 Å². The second-order valence-electron chi connectivity index (χ2n) is 2.83. The monoisotopic (exact) mass is 188 g/mol. The highest BCUT2D eigenvalue weighted by atomic mass is 16.4. The van der Waals surface area contributed by atoms with E-state index in [0.29, 0.717) is 6.42 Å². The van der Waals surface area contributed by atoms with Gasteiger partial charge in [-0.2, -0.15) is 0 Å². The van der Waals surface area contributed by atoms with Crippen molar-refractivity contribution in [2.75, 3.05) is 6.54 Å². The van der Waals surface area contributed by atoms with E-state index in [2.05, 4.69) is 11.1 Å². The van der Waals surface area contributed by atoms with Crippen molar-refractivity contribution in [3.8, 4) is 0 Å². The number of aliphatic carboxylic acids is 1. The Hall–Kier alpha value is -1.10. The summed E-state index contributed by atoms with van der Waals surface area (Å²) in [5.74, 6) is -1.58. The number of hydrogen-bond donors (Lipinski definition) is 2. The van der Waals surface area contributed by atoms with Crippen LogP contribution in [0, 0.1) is 0 Å². The molecule has 0 fully saturated rings. The summed E-state index contributed by atoms with van der Waals surface area (Å²) in [4.78, 5) is 21.3. The SMILES string of the molecule is CCCC[C@H](NC(=O)C[NH3+])C(=O)[O-]. The Labute approximate surface area is 77.3 Å². The third-order valence-electron chi connectivity index (χ3n) is 1.69. The van der Waals surface area contributed by atoms with E-state index >= 15 is 0 Å². The Morgan fingerprint density at radius 2 is 2.15 bits per heavy atom. The van der Waals surface area contributed by atoms with Gasteiger partial charge in [-0.1, -0.05) is 19.8 Å². The van der Waals surface area contributed by atoms with Gasteiger partial charge in [-0.05, 0) is 6.42 Å². The maximum atomic E-state index is 10.8. The molecule has 5 nitrogen and oxygen atoms in total. The third kappa shape index (κ3) is 5.19. The largest absolute Gasteiger partial charge is 0.548 e. The van der Waals surface area contributed by atoms with E-state index in [-0.39, 0.29) is 12.5 Å². The van der Waals surface area contributed by atoms with Crippen molar-refractivity contribution in [3.05, 3.63) is 0 Å². The van der Waals surface area contributed by atoms with Gasteiger partial charge < -0.3 is 21.0 Å². The molecule has 4 N–H and O–H groups in total. The molecule has 0 heterocycles. The highest BCUT2D eigenvalue weighted by molar-refractivity contribution is 5.83. The lowest BCUT2D eigenvalue weighted by Gasteiger charge is -2.18. The lowest BCUT2D eigenvalue weighted by Crippen LogP contribution is -2.60. The molecule has 0 spiro atoms.